The van der Waals surface area contributed by atoms with Gasteiger partial charge in [-0.1, -0.05) is 23.8 Å². The van der Waals surface area contributed by atoms with E-state index >= 15 is 0 Å². The normalized spacial score (nSPS) is 10.5. The highest BCUT2D eigenvalue weighted by Crippen LogP contribution is 2.23. The van der Waals surface area contributed by atoms with Crippen LogP contribution in [-0.4, -0.2) is 4.98 Å². The van der Waals surface area contributed by atoms with E-state index in [0.29, 0.717) is 0 Å². The van der Waals surface area contributed by atoms with E-state index in [2.05, 4.69) is 30.1 Å². The first kappa shape index (κ1) is 9.00. The van der Waals surface area contributed by atoms with Gasteiger partial charge in [0.25, 0.3) is 0 Å². The number of aryl methyl sites for hydroxylation is 3. The Morgan fingerprint density at radius 1 is 1.14 bits per heavy atom. The summed E-state index contributed by atoms with van der Waals surface area (Å²) in [5.41, 5.74) is 3.31. The predicted octanol–water partition coefficient (Wildman–Crippen LogP) is 3.27. The fourth-order valence-electron chi connectivity index (χ4n) is 1.59. The van der Waals surface area contributed by atoms with Crippen LogP contribution in [0.4, 0.5) is 0 Å². The van der Waals surface area contributed by atoms with Gasteiger partial charge in [-0.2, -0.15) is 0 Å². The molecule has 0 unspecified atom stereocenters. The molecule has 2 heteroatoms. The monoisotopic (exact) mass is 187 g/mol. The van der Waals surface area contributed by atoms with Crippen LogP contribution in [0, 0.1) is 20.8 Å². The second-order valence-corrected chi connectivity index (χ2v) is 3.51. The quantitative estimate of drug-likeness (QED) is 0.684. The molecule has 1 aromatic carbocycles. The van der Waals surface area contributed by atoms with Crippen LogP contribution in [0.5, 0.6) is 0 Å². The molecule has 0 amide bonds. The third-order valence-corrected chi connectivity index (χ3v) is 2.20. The van der Waals surface area contributed by atoms with Gasteiger partial charge in [0, 0.05) is 12.5 Å². The Morgan fingerprint density at radius 3 is 2.50 bits per heavy atom. The van der Waals surface area contributed by atoms with Crippen molar-refractivity contribution in [1.82, 2.24) is 4.98 Å². The zero-order chi connectivity index (χ0) is 10.1. The zero-order valence-corrected chi connectivity index (χ0v) is 8.66. The van der Waals surface area contributed by atoms with Gasteiger partial charge in [0.2, 0.25) is 0 Å². The highest BCUT2D eigenvalue weighted by atomic mass is 16.4. The van der Waals surface area contributed by atoms with Crippen LogP contribution in [0.3, 0.4) is 0 Å². The van der Waals surface area contributed by atoms with Crippen LogP contribution in [-0.2, 0) is 0 Å². The fourth-order valence-corrected chi connectivity index (χ4v) is 1.59. The van der Waals surface area contributed by atoms with Crippen LogP contribution in [0.15, 0.2) is 28.7 Å². The van der Waals surface area contributed by atoms with Gasteiger partial charge in [-0.3, -0.25) is 0 Å². The number of benzene rings is 1. The van der Waals surface area contributed by atoms with Crippen molar-refractivity contribution in [3.05, 3.63) is 41.5 Å². The highest BCUT2D eigenvalue weighted by molar-refractivity contribution is 5.61. The lowest BCUT2D eigenvalue weighted by Gasteiger charge is -1.98. The molecule has 0 spiro atoms. The molecule has 2 aromatic rings. The molecule has 2 rings (SSSR count). The minimum absolute atomic E-state index is 0.721. The van der Waals surface area contributed by atoms with Crippen molar-refractivity contribution in [2.75, 3.05) is 0 Å². The molecule has 0 atom stereocenters. The molecule has 1 heterocycles. The van der Waals surface area contributed by atoms with Crippen LogP contribution in [0.1, 0.15) is 17.2 Å². The summed E-state index contributed by atoms with van der Waals surface area (Å²) < 4.78 is 5.40. The SMILES string of the molecule is Cc1cccc(-c2nc(C)oc2C)c1. The van der Waals surface area contributed by atoms with Gasteiger partial charge < -0.3 is 4.42 Å². The summed E-state index contributed by atoms with van der Waals surface area (Å²) in [4.78, 5) is 4.35. The summed E-state index contributed by atoms with van der Waals surface area (Å²) in [5.74, 6) is 1.60. The van der Waals surface area contributed by atoms with Crippen molar-refractivity contribution in [1.29, 1.82) is 0 Å². The van der Waals surface area contributed by atoms with Crippen molar-refractivity contribution in [3.63, 3.8) is 0 Å². The van der Waals surface area contributed by atoms with E-state index in [1.165, 1.54) is 5.56 Å². The maximum atomic E-state index is 5.40. The first-order chi connectivity index (χ1) is 6.66. The number of rotatable bonds is 1. The fraction of sp³-hybridized carbons (Fsp3) is 0.250. The Kier molecular flexibility index (Phi) is 2.12. The minimum atomic E-state index is 0.721. The van der Waals surface area contributed by atoms with E-state index in [1.807, 2.05) is 19.9 Å². The lowest BCUT2D eigenvalue weighted by molar-refractivity contribution is 0.495. The minimum Gasteiger partial charge on any atom is -0.446 e. The van der Waals surface area contributed by atoms with Gasteiger partial charge in [0.05, 0.1) is 0 Å². The van der Waals surface area contributed by atoms with E-state index in [9.17, 15) is 0 Å². The Labute approximate surface area is 83.6 Å². The van der Waals surface area contributed by atoms with E-state index in [1.54, 1.807) is 0 Å². The molecule has 0 aliphatic rings. The molecule has 72 valence electrons. The maximum absolute atomic E-state index is 5.40. The molecule has 0 radical (unpaired) electrons. The Hall–Kier alpha value is -1.57. The molecule has 0 N–H and O–H groups in total. The molecule has 1 aromatic heterocycles. The Morgan fingerprint density at radius 2 is 1.93 bits per heavy atom. The van der Waals surface area contributed by atoms with E-state index in [4.69, 9.17) is 4.42 Å². The molecular weight excluding hydrogens is 174 g/mol. The highest BCUT2D eigenvalue weighted by Gasteiger charge is 2.08. The average molecular weight is 187 g/mol. The van der Waals surface area contributed by atoms with Gasteiger partial charge in [0.1, 0.15) is 11.5 Å². The third-order valence-electron chi connectivity index (χ3n) is 2.20. The van der Waals surface area contributed by atoms with E-state index < -0.39 is 0 Å². The van der Waals surface area contributed by atoms with Gasteiger partial charge >= 0.3 is 0 Å². The summed E-state index contributed by atoms with van der Waals surface area (Å²) in [5, 5.41) is 0. The van der Waals surface area contributed by atoms with Crippen LogP contribution in [0.25, 0.3) is 11.3 Å². The Bertz CT molecular complexity index is 457. The lowest BCUT2D eigenvalue weighted by Crippen LogP contribution is -1.81. The third kappa shape index (κ3) is 1.55. The van der Waals surface area contributed by atoms with E-state index in [-0.39, 0.29) is 0 Å². The number of aromatic nitrogens is 1. The van der Waals surface area contributed by atoms with Crippen LogP contribution in [0.2, 0.25) is 0 Å². The molecule has 0 fully saturated rings. The van der Waals surface area contributed by atoms with E-state index in [0.717, 1.165) is 22.9 Å². The van der Waals surface area contributed by atoms with Crippen molar-refractivity contribution in [3.8, 4) is 11.3 Å². The molecule has 2 nitrogen and oxygen atoms in total. The summed E-state index contributed by atoms with van der Waals surface area (Å²) in [6, 6.07) is 8.28. The number of oxazole rings is 1. The number of hydrogen-bond donors (Lipinski definition) is 0. The van der Waals surface area contributed by atoms with Gasteiger partial charge in [-0.05, 0) is 19.9 Å². The number of nitrogens with zero attached hydrogens (tertiary/aromatic N) is 1. The summed E-state index contributed by atoms with van der Waals surface area (Å²) in [6.07, 6.45) is 0. The molecule has 0 aliphatic heterocycles. The topological polar surface area (TPSA) is 26.0 Å². The van der Waals surface area contributed by atoms with Gasteiger partial charge in [-0.25, -0.2) is 4.98 Å². The van der Waals surface area contributed by atoms with Crippen molar-refractivity contribution in [2.45, 2.75) is 20.8 Å². The van der Waals surface area contributed by atoms with Gasteiger partial charge in [-0.15, -0.1) is 0 Å². The summed E-state index contributed by atoms with van der Waals surface area (Å²) in [7, 11) is 0. The average Bonchev–Trinajstić information content (AvgIpc) is 2.45. The molecule has 0 bridgehead atoms. The molecule has 0 saturated heterocycles. The van der Waals surface area contributed by atoms with Crippen LogP contribution >= 0.6 is 0 Å². The molecule has 14 heavy (non-hydrogen) atoms. The zero-order valence-electron chi connectivity index (χ0n) is 8.66. The summed E-state index contributed by atoms with van der Waals surface area (Å²) in [6.45, 7) is 5.88. The maximum Gasteiger partial charge on any atom is 0.191 e. The molecule has 0 saturated carbocycles. The first-order valence-electron chi connectivity index (χ1n) is 4.68. The Balaban J connectivity index is 2.54. The predicted molar refractivity (Wildman–Crippen MR) is 56.2 cm³/mol. The molecule has 0 aliphatic carbocycles. The largest absolute Gasteiger partial charge is 0.446 e. The van der Waals surface area contributed by atoms with Crippen molar-refractivity contribution in [2.24, 2.45) is 0 Å². The first-order valence-corrected chi connectivity index (χ1v) is 4.68. The van der Waals surface area contributed by atoms with Gasteiger partial charge in [0.15, 0.2) is 5.89 Å². The number of hydrogen-bond acceptors (Lipinski definition) is 2. The van der Waals surface area contributed by atoms with Crippen LogP contribution < -0.4 is 0 Å². The van der Waals surface area contributed by atoms with Crippen molar-refractivity contribution >= 4 is 0 Å². The summed E-state index contributed by atoms with van der Waals surface area (Å²) >= 11 is 0. The second-order valence-electron chi connectivity index (χ2n) is 3.51. The smallest absolute Gasteiger partial charge is 0.191 e. The second kappa shape index (κ2) is 3.29. The van der Waals surface area contributed by atoms with Crippen molar-refractivity contribution < 1.29 is 4.42 Å². The molecular formula is C12H13NO. The lowest BCUT2D eigenvalue weighted by atomic mass is 10.1. The standard InChI is InChI=1S/C12H13NO/c1-8-5-4-6-11(7-8)12-9(2)14-10(3)13-12/h4-7H,1-3H3.